The van der Waals surface area contributed by atoms with Crippen LogP contribution in [-0.2, 0) is 16.0 Å². The lowest BCUT2D eigenvalue weighted by atomic mass is 10.1. The first-order valence-corrected chi connectivity index (χ1v) is 4.73. The van der Waals surface area contributed by atoms with E-state index in [1.165, 1.54) is 0 Å². The predicted octanol–water partition coefficient (Wildman–Crippen LogP) is 1.88. The van der Waals surface area contributed by atoms with Gasteiger partial charge < -0.3 is 9.84 Å². The average Bonchev–Trinajstić information content (AvgIpc) is 2.25. The van der Waals surface area contributed by atoms with Crippen LogP contribution in [0.15, 0.2) is 43.0 Å². The first-order valence-electron chi connectivity index (χ1n) is 4.73. The van der Waals surface area contributed by atoms with Crippen LogP contribution in [0, 0.1) is 0 Å². The van der Waals surface area contributed by atoms with Gasteiger partial charge in [-0.2, -0.15) is 0 Å². The van der Waals surface area contributed by atoms with E-state index in [0.717, 1.165) is 5.56 Å². The lowest BCUT2D eigenvalue weighted by molar-refractivity contribution is -0.149. The molecule has 3 heteroatoms. The van der Waals surface area contributed by atoms with Gasteiger partial charge in [0.05, 0.1) is 6.61 Å². The van der Waals surface area contributed by atoms with Crippen molar-refractivity contribution in [2.24, 2.45) is 0 Å². The smallest absolute Gasteiger partial charge is 0.333 e. The number of ether oxygens (including phenoxy) is 1. The maximum atomic E-state index is 10.9. The van der Waals surface area contributed by atoms with Gasteiger partial charge in [0.15, 0.2) is 6.10 Å². The molecule has 15 heavy (non-hydrogen) atoms. The summed E-state index contributed by atoms with van der Waals surface area (Å²) in [6.45, 7) is 3.73. The van der Waals surface area contributed by atoms with Crippen LogP contribution in [0.5, 0.6) is 0 Å². The Labute approximate surface area is 89.0 Å². The van der Waals surface area contributed by atoms with E-state index in [-0.39, 0.29) is 6.61 Å². The molecule has 0 bridgehead atoms. The summed E-state index contributed by atoms with van der Waals surface area (Å²) in [5.41, 5.74) is 0.953. The summed E-state index contributed by atoms with van der Waals surface area (Å²) in [5, 5.41) is 8.90. The minimum Gasteiger partial charge on any atom is -0.479 e. The Balaban J connectivity index is 2.58. The van der Waals surface area contributed by atoms with Gasteiger partial charge in [-0.1, -0.05) is 36.4 Å². The molecule has 1 rings (SSSR count). The lowest BCUT2D eigenvalue weighted by Gasteiger charge is -2.12. The molecule has 0 aliphatic rings. The van der Waals surface area contributed by atoms with Crippen LogP contribution in [0.1, 0.15) is 5.56 Å². The number of carboxylic acids is 1. The molecule has 0 saturated carbocycles. The molecule has 0 saturated heterocycles. The van der Waals surface area contributed by atoms with Gasteiger partial charge in [-0.05, 0) is 5.56 Å². The molecule has 0 unspecified atom stereocenters. The second-order valence-corrected chi connectivity index (χ2v) is 3.14. The highest BCUT2D eigenvalue weighted by molar-refractivity contribution is 5.72. The van der Waals surface area contributed by atoms with Crippen molar-refractivity contribution in [1.82, 2.24) is 0 Å². The van der Waals surface area contributed by atoms with Gasteiger partial charge in [0.25, 0.3) is 0 Å². The fourth-order valence-corrected chi connectivity index (χ4v) is 1.23. The number of carbonyl (C=O) groups is 1. The highest BCUT2D eigenvalue weighted by Gasteiger charge is 2.17. The van der Waals surface area contributed by atoms with E-state index in [0.29, 0.717) is 6.42 Å². The Kier molecular flexibility index (Phi) is 4.57. The fourth-order valence-electron chi connectivity index (χ4n) is 1.23. The van der Waals surface area contributed by atoms with Crippen molar-refractivity contribution >= 4 is 5.97 Å². The van der Waals surface area contributed by atoms with Crippen molar-refractivity contribution in [1.29, 1.82) is 0 Å². The van der Waals surface area contributed by atoms with E-state index in [1.807, 2.05) is 30.3 Å². The van der Waals surface area contributed by atoms with Gasteiger partial charge in [-0.25, -0.2) is 4.79 Å². The Morgan fingerprint density at radius 2 is 2.13 bits per heavy atom. The molecule has 1 aromatic rings. The topological polar surface area (TPSA) is 46.5 Å². The van der Waals surface area contributed by atoms with Gasteiger partial charge in [0.2, 0.25) is 0 Å². The van der Waals surface area contributed by atoms with Gasteiger partial charge in [-0.3, -0.25) is 0 Å². The highest BCUT2D eigenvalue weighted by Crippen LogP contribution is 2.06. The van der Waals surface area contributed by atoms with E-state index in [1.54, 1.807) is 6.08 Å². The van der Waals surface area contributed by atoms with E-state index < -0.39 is 12.1 Å². The molecule has 1 atom stereocenters. The van der Waals surface area contributed by atoms with Gasteiger partial charge in [0, 0.05) is 6.42 Å². The third-order valence-corrected chi connectivity index (χ3v) is 1.95. The largest absolute Gasteiger partial charge is 0.479 e. The van der Waals surface area contributed by atoms with Gasteiger partial charge in [0.1, 0.15) is 0 Å². The predicted molar refractivity (Wildman–Crippen MR) is 57.7 cm³/mol. The van der Waals surface area contributed by atoms with Crippen molar-refractivity contribution in [2.75, 3.05) is 6.61 Å². The summed E-state index contributed by atoms with van der Waals surface area (Å²) < 4.78 is 5.14. The van der Waals surface area contributed by atoms with Gasteiger partial charge >= 0.3 is 5.97 Å². The summed E-state index contributed by atoms with van der Waals surface area (Å²) in [7, 11) is 0. The zero-order valence-electron chi connectivity index (χ0n) is 8.43. The number of hydrogen-bond acceptors (Lipinski definition) is 2. The molecular formula is C12H14O3. The summed E-state index contributed by atoms with van der Waals surface area (Å²) in [6.07, 6.45) is 1.12. The molecule has 0 radical (unpaired) electrons. The van der Waals surface area contributed by atoms with E-state index in [4.69, 9.17) is 9.84 Å². The molecule has 1 aromatic carbocycles. The SMILES string of the molecule is C=CCO[C@H](Cc1ccccc1)C(=O)O. The quantitative estimate of drug-likeness (QED) is 0.723. The second-order valence-electron chi connectivity index (χ2n) is 3.14. The minimum atomic E-state index is -0.944. The maximum absolute atomic E-state index is 10.9. The van der Waals surface area contributed by atoms with E-state index in [2.05, 4.69) is 6.58 Å². The normalized spacial score (nSPS) is 12.0. The molecule has 0 spiro atoms. The molecule has 3 nitrogen and oxygen atoms in total. The van der Waals surface area contributed by atoms with Crippen LogP contribution in [-0.4, -0.2) is 23.8 Å². The summed E-state index contributed by atoms with van der Waals surface area (Å²) in [4.78, 5) is 10.9. The second kappa shape index (κ2) is 5.98. The highest BCUT2D eigenvalue weighted by atomic mass is 16.5. The van der Waals surface area contributed by atoms with Crippen LogP contribution < -0.4 is 0 Å². The summed E-state index contributed by atoms with van der Waals surface area (Å²) >= 11 is 0. The zero-order valence-corrected chi connectivity index (χ0v) is 8.43. The number of carboxylic acid groups (broad SMARTS) is 1. The lowest BCUT2D eigenvalue weighted by Crippen LogP contribution is -2.26. The maximum Gasteiger partial charge on any atom is 0.333 e. The third kappa shape index (κ3) is 3.95. The van der Waals surface area contributed by atoms with Crippen LogP contribution in [0.4, 0.5) is 0 Å². The van der Waals surface area contributed by atoms with Crippen LogP contribution in [0.25, 0.3) is 0 Å². The first kappa shape index (κ1) is 11.5. The third-order valence-electron chi connectivity index (χ3n) is 1.95. The Hall–Kier alpha value is -1.61. The Bertz CT molecular complexity index is 319. The number of hydrogen-bond donors (Lipinski definition) is 1. The molecule has 0 aliphatic carbocycles. The molecule has 80 valence electrons. The van der Waals surface area contributed by atoms with Crippen molar-refractivity contribution < 1.29 is 14.6 Å². The van der Waals surface area contributed by atoms with Crippen LogP contribution >= 0.6 is 0 Å². The Morgan fingerprint density at radius 1 is 1.47 bits per heavy atom. The summed E-state index contributed by atoms with van der Waals surface area (Å²) in [5.74, 6) is -0.944. The molecule has 0 amide bonds. The monoisotopic (exact) mass is 206 g/mol. The molecular weight excluding hydrogens is 192 g/mol. The van der Waals surface area contributed by atoms with E-state index >= 15 is 0 Å². The van der Waals surface area contributed by atoms with Crippen LogP contribution in [0.3, 0.4) is 0 Å². The number of rotatable bonds is 6. The van der Waals surface area contributed by atoms with Crippen molar-refractivity contribution in [3.05, 3.63) is 48.6 Å². The number of aliphatic carboxylic acids is 1. The summed E-state index contributed by atoms with van der Waals surface area (Å²) in [6, 6.07) is 9.41. The molecule has 0 fully saturated rings. The van der Waals surface area contributed by atoms with Crippen molar-refractivity contribution in [3.63, 3.8) is 0 Å². The standard InChI is InChI=1S/C12H14O3/c1-2-8-15-11(12(13)14)9-10-6-4-3-5-7-10/h2-7,11H,1,8-9H2,(H,13,14)/t11-/m1/s1. The average molecular weight is 206 g/mol. The number of benzene rings is 1. The molecule has 0 heterocycles. The fraction of sp³-hybridized carbons (Fsp3) is 0.250. The van der Waals surface area contributed by atoms with Crippen molar-refractivity contribution in [2.45, 2.75) is 12.5 Å². The van der Waals surface area contributed by atoms with Gasteiger partial charge in [-0.15, -0.1) is 6.58 Å². The Morgan fingerprint density at radius 3 is 2.67 bits per heavy atom. The molecule has 0 aromatic heterocycles. The molecule has 0 aliphatic heterocycles. The zero-order chi connectivity index (χ0) is 11.1. The van der Waals surface area contributed by atoms with Crippen molar-refractivity contribution in [3.8, 4) is 0 Å². The van der Waals surface area contributed by atoms with E-state index in [9.17, 15) is 4.79 Å². The molecule has 1 N–H and O–H groups in total. The first-order chi connectivity index (χ1) is 7.24. The minimum absolute atomic E-state index is 0.254. The van der Waals surface area contributed by atoms with Crippen LogP contribution in [0.2, 0.25) is 0 Å².